The Morgan fingerprint density at radius 3 is 2.42 bits per heavy atom. The summed E-state index contributed by atoms with van der Waals surface area (Å²) in [5.41, 5.74) is 2.73. The first-order valence-electron chi connectivity index (χ1n) is 12.8. The summed E-state index contributed by atoms with van der Waals surface area (Å²) in [6, 6.07) is 6.68. The van der Waals surface area contributed by atoms with E-state index in [9.17, 15) is 0 Å². The zero-order valence-electron chi connectivity index (χ0n) is 20.0. The lowest BCUT2D eigenvalue weighted by Crippen LogP contribution is -2.14. The maximum atomic E-state index is 6.00. The highest BCUT2D eigenvalue weighted by atomic mass is 32.1. The van der Waals surface area contributed by atoms with Crippen molar-refractivity contribution in [2.45, 2.75) is 110 Å². The topological polar surface area (TPSA) is 35.0 Å². The van der Waals surface area contributed by atoms with Gasteiger partial charge in [-0.3, -0.25) is 0 Å². The van der Waals surface area contributed by atoms with Gasteiger partial charge in [-0.25, -0.2) is 0 Å². The molecule has 1 fully saturated rings. The Balaban J connectivity index is 1.74. The molecular weight excluding hydrogens is 400 g/mol. The second-order valence-electron chi connectivity index (χ2n) is 9.27. The highest BCUT2D eigenvalue weighted by Crippen LogP contribution is 2.43. The molecule has 0 aliphatic heterocycles. The van der Waals surface area contributed by atoms with Gasteiger partial charge in [0.1, 0.15) is 15.8 Å². The Labute approximate surface area is 194 Å². The molecule has 31 heavy (non-hydrogen) atoms. The van der Waals surface area contributed by atoms with Crippen LogP contribution in [0.5, 0.6) is 5.75 Å². The number of nitrogens with zero attached hydrogens (tertiary/aromatic N) is 2. The van der Waals surface area contributed by atoms with Crippen LogP contribution >= 0.6 is 11.3 Å². The number of benzene rings is 1. The molecular formula is C27H42N2OS. The summed E-state index contributed by atoms with van der Waals surface area (Å²) < 4.78 is 6.00. The number of hydrogen-bond acceptors (Lipinski definition) is 4. The molecule has 1 aliphatic carbocycles. The summed E-state index contributed by atoms with van der Waals surface area (Å²) in [6.07, 6.45) is 16.7. The molecule has 0 unspecified atom stereocenters. The quantitative estimate of drug-likeness (QED) is 0.291. The normalized spacial score (nSPS) is 18.9. The summed E-state index contributed by atoms with van der Waals surface area (Å²) in [7, 11) is 0. The van der Waals surface area contributed by atoms with Gasteiger partial charge in [-0.15, -0.1) is 10.2 Å². The van der Waals surface area contributed by atoms with Crippen LogP contribution in [0.1, 0.15) is 114 Å². The lowest BCUT2D eigenvalue weighted by molar-refractivity contribution is 0.300. The molecule has 2 aromatic rings. The summed E-state index contributed by atoms with van der Waals surface area (Å²) in [5.74, 6) is 2.56. The molecule has 3 rings (SSSR count). The first-order chi connectivity index (χ1) is 15.2. The van der Waals surface area contributed by atoms with Gasteiger partial charge in [-0.2, -0.15) is 0 Å². The van der Waals surface area contributed by atoms with Crippen molar-refractivity contribution in [2.24, 2.45) is 5.92 Å². The van der Waals surface area contributed by atoms with E-state index in [1.165, 1.54) is 86.8 Å². The van der Waals surface area contributed by atoms with Crippen molar-refractivity contribution in [1.29, 1.82) is 0 Å². The fourth-order valence-corrected chi connectivity index (χ4v) is 5.75. The Kier molecular flexibility index (Phi) is 10.3. The fourth-order valence-electron chi connectivity index (χ4n) is 4.82. The zero-order valence-corrected chi connectivity index (χ0v) is 20.8. The number of aryl methyl sites for hydroxylation is 1. The van der Waals surface area contributed by atoms with Crippen LogP contribution in [0.4, 0.5) is 0 Å². The van der Waals surface area contributed by atoms with E-state index in [4.69, 9.17) is 4.74 Å². The minimum absolute atomic E-state index is 0.620. The molecule has 3 nitrogen and oxygen atoms in total. The van der Waals surface area contributed by atoms with Gasteiger partial charge in [0.2, 0.25) is 0 Å². The van der Waals surface area contributed by atoms with Crippen LogP contribution in [0, 0.1) is 5.92 Å². The van der Waals surface area contributed by atoms with Crippen molar-refractivity contribution in [3.63, 3.8) is 0 Å². The fraction of sp³-hybridized carbons (Fsp3) is 0.704. The maximum Gasteiger partial charge on any atom is 0.148 e. The monoisotopic (exact) mass is 442 g/mol. The third kappa shape index (κ3) is 7.30. The van der Waals surface area contributed by atoms with Crippen LogP contribution in [-0.2, 0) is 6.42 Å². The molecule has 172 valence electrons. The van der Waals surface area contributed by atoms with E-state index in [0.29, 0.717) is 5.92 Å². The van der Waals surface area contributed by atoms with Gasteiger partial charge in [0, 0.05) is 12.0 Å². The third-order valence-electron chi connectivity index (χ3n) is 6.69. The lowest BCUT2D eigenvalue weighted by atomic mass is 9.76. The van der Waals surface area contributed by atoms with Gasteiger partial charge in [0.15, 0.2) is 0 Å². The highest BCUT2D eigenvalue weighted by Gasteiger charge is 2.25. The molecule has 0 amide bonds. The molecule has 1 aromatic heterocycles. The van der Waals surface area contributed by atoms with Gasteiger partial charge in [0.25, 0.3) is 0 Å². The lowest BCUT2D eigenvalue weighted by Gasteiger charge is -2.30. The van der Waals surface area contributed by atoms with Crippen LogP contribution < -0.4 is 4.74 Å². The van der Waals surface area contributed by atoms with Gasteiger partial charge >= 0.3 is 0 Å². The maximum absolute atomic E-state index is 6.00. The predicted molar refractivity (Wildman–Crippen MR) is 133 cm³/mol. The summed E-state index contributed by atoms with van der Waals surface area (Å²) in [5, 5.41) is 11.4. The molecule has 4 heteroatoms. The van der Waals surface area contributed by atoms with E-state index < -0.39 is 0 Å². The minimum atomic E-state index is 0.620. The van der Waals surface area contributed by atoms with Crippen molar-refractivity contribution in [3.8, 4) is 16.3 Å². The first-order valence-corrected chi connectivity index (χ1v) is 13.7. The number of rotatable bonds is 13. The second kappa shape index (κ2) is 13.2. The standard InChI is InChI=1S/C27H42N2OS/c1-4-7-9-11-21-13-15-22(16-14-21)25-20-23(30-19-6-3)17-18-24(25)27-29-28-26(31-27)12-10-8-5-2/h17-18,20-22H,4-16,19H2,1-3H3. The van der Waals surface area contributed by atoms with Crippen LogP contribution in [0.3, 0.4) is 0 Å². The second-order valence-corrected chi connectivity index (χ2v) is 10.3. The molecule has 0 saturated heterocycles. The predicted octanol–water partition coefficient (Wildman–Crippen LogP) is 8.58. The summed E-state index contributed by atoms with van der Waals surface area (Å²) >= 11 is 1.79. The Morgan fingerprint density at radius 2 is 1.68 bits per heavy atom. The summed E-state index contributed by atoms with van der Waals surface area (Å²) in [6.45, 7) is 7.49. The van der Waals surface area contributed by atoms with Crippen molar-refractivity contribution >= 4 is 11.3 Å². The van der Waals surface area contributed by atoms with Gasteiger partial charge in [-0.05, 0) is 74.1 Å². The van der Waals surface area contributed by atoms with Gasteiger partial charge in [0.05, 0.1) is 6.61 Å². The van der Waals surface area contributed by atoms with Crippen LogP contribution in [0.2, 0.25) is 0 Å². The highest BCUT2D eigenvalue weighted by molar-refractivity contribution is 7.14. The van der Waals surface area contributed by atoms with Crippen LogP contribution in [0.15, 0.2) is 18.2 Å². The average molecular weight is 443 g/mol. The van der Waals surface area contributed by atoms with Gasteiger partial charge < -0.3 is 4.74 Å². The van der Waals surface area contributed by atoms with Crippen LogP contribution in [-0.4, -0.2) is 16.8 Å². The van der Waals surface area contributed by atoms with E-state index in [1.54, 1.807) is 11.3 Å². The van der Waals surface area contributed by atoms with Crippen molar-refractivity contribution in [2.75, 3.05) is 6.61 Å². The average Bonchev–Trinajstić information content (AvgIpc) is 3.27. The zero-order chi connectivity index (χ0) is 21.9. The van der Waals surface area contributed by atoms with Crippen LogP contribution in [0.25, 0.3) is 10.6 Å². The number of unbranched alkanes of at least 4 members (excludes halogenated alkanes) is 4. The summed E-state index contributed by atoms with van der Waals surface area (Å²) in [4.78, 5) is 0. The van der Waals surface area contributed by atoms with E-state index in [-0.39, 0.29) is 0 Å². The molecule has 1 saturated carbocycles. The van der Waals surface area contributed by atoms with Crippen molar-refractivity contribution < 1.29 is 4.74 Å². The molecule has 1 aromatic carbocycles. The minimum Gasteiger partial charge on any atom is -0.494 e. The molecule has 0 atom stereocenters. The Bertz CT molecular complexity index is 764. The molecule has 0 spiro atoms. The van der Waals surface area contributed by atoms with E-state index >= 15 is 0 Å². The number of hydrogen-bond donors (Lipinski definition) is 0. The van der Waals surface area contributed by atoms with E-state index in [0.717, 1.165) is 36.1 Å². The molecule has 0 N–H and O–H groups in total. The third-order valence-corrected chi connectivity index (χ3v) is 7.71. The van der Waals surface area contributed by atoms with Gasteiger partial charge in [-0.1, -0.05) is 70.6 Å². The number of ether oxygens (including phenoxy) is 1. The van der Waals surface area contributed by atoms with Crippen molar-refractivity contribution in [1.82, 2.24) is 10.2 Å². The van der Waals surface area contributed by atoms with E-state index in [2.05, 4.69) is 49.2 Å². The van der Waals surface area contributed by atoms with E-state index in [1.807, 2.05) is 0 Å². The SMILES string of the molecule is CCCCCc1nnc(-c2ccc(OCCC)cc2C2CCC(CCCCC)CC2)s1. The largest absolute Gasteiger partial charge is 0.494 e. The Hall–Kier alpha value is -1.42. The first kappa shape index (κ1) is 24.2. The Morgan fingerprint density at radius 1 is 0.903 bits per heavy atom. The smallest absolute Gasteiger partial charge is 0.148 e. The molecule has 1 heterocycles. The van der Waals surface area contributed by atoms with Crippen molar-refractivity contribution in [3.05, 3.63) is 28.8 Å². The number of aromatic nitrogens is 2. The molecule has 0 bridgehead atoms. The molecule has 0 radical (unpaired) electrons. The molecule has 1 aliphatic rings.